The molecule has 148 valence electrons. The first-order valence-corrected chi connectivity index (χ1v) is 9.16. The number of hydrogen-bond donors (Lipinski definition) is 2. The van der Waals surface area contributed by atoms with Gasteiger partial charge in [-0.05, 0) is 42.7 Å². The fourth-order valence-electron chi connectivity index (χ4n) is 2.68. The molecule has 0 atom stereocenters. The van der Waals surface area contributed by atoms with Crippen LogP contribution in [0.5, 0.6) is 11.5 Å². The van der Waals surface area contributed by atoms with Gasteiger partial charge in [0.15, 0.2) is 0 Å². The van der Waals surface area contributed by atoms with Crippen LogP contribution < -0.4 is 20.1 Å². The molecule has 0 fully saturated rings. The fourth-order valence-corrected chi connectivity index (χ4v) is 2.68. The van der Waals surface area contributed by atoms with E-state index in [9.17, 15) is 9.59 Å². The van der Waals surface area contributed by atoms with Crippen LogP contribution in [0.15, 0.2) is 78.9 Å². The van der Waals surface area contributed by atoms with Gasteiger partial charge in [-0.1, -0.05) is 66.7 Å². The summed E-state index contributed by atoms with van der Waals surface area (Å²) in [6.07, 6.45) is -2.21. The number of para-hydroxylation sites is 2. The lowest BCUT2D eigenvalue weighted by atomic mass is 10.2. The zero-order valence-electron chi connectivity index (χ0n) is 16.2. The first-order valence-electron chi connectivity index (χ1n) is 9.16. The fraction of sp³-hybridized carbons (Fsp3) is 0.130. The zero-order valence-corrected chi connectivity index (χ0v) is 16.2. The summed E-state index contributed by atoms with van der Waals surface area (Å²) in [7, 11) is 0. The highest BCUT2D eigenvalue weighted by Gasteiger charge is 2.20. The van der Waals surface area contributed by atoms with E-state index in [1.165, 1.54) is 0 Å². The topological polar surface area (TPSA) is 76.7 Å². The number of rotatable bonds is 5. The van der Waals surface area contributed by atoms with E-state index in [2.05, 4.69) is 10.6 Å². The van der Waals surface area contributed by atoms with E-state index in [-0.39, 0.29) is 0 Å². The molecule has 0 unspecified atom stereocenters. The number of ether oxygens (including phenoxy) is 2. The molecule has 0 heterocycles. The van der Waals surface area contributed by atoms with Gasteiger partial charge in [0.1, 0.15) is 17.7 Å². The second-order valence-corrected chi connectivity index (χ2v) is 6.44. The molecular weight excluding hydrogens is 368 g/mol. The van der Waals surface area contributed by atoms with Crippen molar-refractivity contribution in [2.45, 2.75) is 20.0 Å². The van der Waals surface area contributed by atoms with Crippen molar-refractivity contribution in [3.63, 3.8) is 0 Å². The summed E-state index contributed by atoms with van der Waals surface area (Å²) in [6, 6.07) is 23.4. The third kappa shape index (κ3) is 5.59. The van der Waals surface area contributed by atoms with Crippen molar-refractivity contribution >= 4 is 12.2 Å². The van der Waals surface area contributed by atoms with Crippen LogP contribution in [0.25, 0.3) is 0 Å². The minimum absolute atomic E-state index is 0.444. The second-order valence-electron chi connectivity index (χ2n) is 6.44. The molecule has 3 aromatic rings. The third-order valence-corrected chi connectivity index (χ3v) is 4.25. The molecule has 0 saturated carbocycles. The Morgan fingerprint density at radius 1 is 0.655 bits per heavy atom. The maximum atomic E-state index is 12.4. The van der Waals surface area contributed by atoms with Gasteiger partial charge in [-0.2, -0.15) is 0 Å². The number of hydrogen-bond acceptors (Lipinski definition) is 4. The Bertz CT molecular complexity index is 927. The standard InChI is InChI=1S/C23H22N2O4/c1-16-10-6-8-14-19(16)28-22(26)24-21(18-12-4-3-5-13-18)25-23(27)29-20-15-9-7-11-17(20)2/h3-15,21H,1-2H3,(H,24,26)(H,25,27). The Labute approximate surface area is 169 Å². The van der Waals surface area contributed by atoms with Crippen LogP contribution in [-0.4, -0.2) is 12.2 Å². The Hall–Kier alpha value is -3.80. The van der Waals surface area contributed by atoms with E-state index in [0.29, 0.717) is 17.1 Å². The number of carbonyl (C=O) groups excluding carboxylic acids is 2. The van der Waals surface area contributed by atoms with Gasteiger partial charge in [0, 0.05) is 0 Å². The number of benzene rings is 3. The molecule has 0 aliphatic heterocycles. The lowest BCUT2D eigenvalue weighted by Gasteiger charge is -2.20. The van der Waals surface area contributed by atoms with E-state index >= 15 is 0 Å². The van der Waals surface area contributed by atoms with Crippen molar-refractivity contribution in [2.24, 2.45) is 0 Å². The second kappa shape index (κ2) is 9.41. The van der Waals surface area contributed by atoms with Crippen LogP contribution >= 0.6 is 0 Å². The number of aryl methyl sites for hydroxylation is 2. The van der Waals surface area contributed by atoms with Gasteiger partial charge in [-0.15, -0.1) is 0 Å². The number of nitrogens with one attached hydrogen (secondary N) is 2. The maximum Gasteiger partial charge on any atom is 0.414 e. The predicted molar refractivity (Wildman–Crippen MR) is 110 cm³/mol. The van der Waals surface area contributed by atoms with E-state index in [1.807, 2.05) is 56.3 Å². The summed E-state index contributed by atoms with van der Waals surface area (Å²) in [4.78, 5) is 24.8. The summed E-state index contributed by atoms with van der Waals surface area (Å²) < 4.78 is 10.7. The predicted octanol–water partition coefficient (Wildman–Crippen LogP) is 4.88. The van der Waals surface area contributed by atoms with Crippen LogP contribution in [0.4, 0.5) is 9.59 Å². The molecule has 0 radical (unpaired) electrons. The molecule has 0 aliphatic carbocycles. The Morgan fingerprint density at radius 3 is 1.52 bits per heavy atom. The van der Waals surface area contributed by atoms with Crippen LogP contribution in [0.2, 0.25) is 0 Å². The molecule has 0 saturated heterocycles. The van der Waals surface area contributed by atoms with Crippen LogP contribution in [0.1, 0.15) is 22.9 Å². The highest BCUT2D eigenvalue weighted by atomic mass is 16.6. The Balaban J connectivity index is 1.71. The van der Waals surface area contributed by atoms with Crippen molar-refractivity contribution in [3.05, 3.63) is 95.6 Å². The molecule has 6 heteroatoms. The van der Waals surface area contributed by atoms with E-state index in [1.54, 1.807) is 36.4 Å². The maximum absolute atomic E-state index is 12.4. The molecule has 29 heavy (non-hydrogen) atoms. The Kier molecular flexibility index (Phi) is 6.47. The average Bonchev–Trinajstić information content (AvgIpc) is 2.71. The Morgan fingerprint density at radius 2 is 1.07 bits per heavy atom. The minimum atomic E-state index is -0.829. The molecule has 6 nitrogen and oxygen atoms in total. The molecule has 2 amide bonds. The number of amides is 2. The van der Waals surface area contributed by atoms with Crippen molar-refractivity contribution in [1.29, 1.82) is 0 Å². The molecule has 0 aromatic heterocycles. The van der Waals surface area contributed by atoms with Crippen LogP contribution in [0, 0.1) is 13.8 Å². The van der Waals surface area contributed by atoms with Gasteiger partial charge in [-0.3, -0.25) is 10.6 Å². The highest BCUT2D eigenvalue weighted by molar-refractivity contribution is 5.74. The van der Waals surface area contributed by atoms with Gasteiger partial charge in [0.05, 0.1) is 0 Å². The van der Waals surface area contributed by atoms with Gasteiger partial charge in [0.2, 0.25) is 0 Å². The normalized spacial score (nSPS) is 10.3. The average molecular weight is 390 g/mol. The van der Waals surface area contributed by atoms with E-state index < -0.39 is 18.4 Å². The minimum Gasteiger partial charge on any atom is -0.410 e. The van der Waals surface area contributed by atoms with E-state index in [0.717, 1.165) is 11.1 Å². The summed E-state index contributed by atoms with van der Waals surface area (Å²) >= 11 is 0. The van der Waals surface area contributed by atoms with E-state index in [4.69, 9.17) is 9.47 Å². The molecular formula is C23H22N2O4. The molecule has 0 spiro atoms. The first kappa shape index (κ1) is 19.9. The van der Waals surface area contributed by atoms with Crippen molar-refractivity contribution in [1.82, 2.24) is 10.6 Å². The van der Waals surface area contributed by atoms with Gasteiger partial charge < -0.3 is 9.47 Å². The smallest absolute Gasteiger partial charge is 0.410 e. The monoisotopic (exact) mass is 390 g/mol. The SMILES string of the molecule is Cc1ccccc1OC(=O)NC(NC(=O)Oc1ccccc1C)c1ccccc1. The number of carbonyl (C=O) groups is 2. The lowest BCUT2D eigenvalue weighted by Crippen LogP contribution is -2.43. The lowest BCUT2D eigenvalue weighted by molar-refractivity contribution is 0.182. The van der Waals surface area contributed by atoms with Gasteiger partial charge >= 0.3 is 12.2 Å². The quantitative estimate of drug-likeness (QED) is 0.609. The zero-order chi connectivity index (χ0) is 20.6. The van der Waals surface area contributed by atoms with Crippen LogP contribution in [0.3, 0.4) is 0 Å². The molecule has 2 N–H and O–H groups in total. The first-order chi connectivity index (χ1) is 14.0. The summed E-state index contributed by atoms with van der Waals surface area (Å²) in [6.45, 7) is 3.68. The van der Waals surface area contributed by atoms with Crippen molar-refractivity contribution < 1.29 is 19.1 Å². The largest absolute Gasteiger partial charge is 0.414 e. The van der Waals surface area contributed by atoms with Gasteiger partial charge in [0.25, 0.3) is 0 Å². The van der Waals surface area contributed by atoms with Crippen molar-refractivity contribution in [3.8, 4) is 11.5 Å². The molecule has 0 aliphatic rings. The van der Waals surface area contributed by atoms with Crippen LogP contribution in [-0.2, 0) is 0 Å². The highest BCUT2D eigenvalue weighted by Crippen LogP contribution is 2.19. The molecule has 0 bridgehead atoms. The summed E-state index contributed by atoms with van der Waals surface area (Å²) in [5.41, 5.74) is 2.33. The molecule has 3 aromatic carbocycles. The summed E-state index contributed by atoms with van der Waals surface area (Å²) in [5, 5.41) is 5.33. The summed E-state index contributed by atoms with van der Waals surface area (Å²) in [5.74, 6) is 0.888. The van der Waals surface area contributed by atoms with Gasteiger partial charge in [-0.25, -0.2) is 9.59 Å². The third-order valence-electron chi connectivity index (χ3n) is 4.25. The van der Waals surface area contributed by atoms with Crippen molar-refractivity contribution in [2.75, 3.05) is 0 Å². The molecule has 3 rings (SSSR count).